The minimum atomic E-state index is 0.972. The molecule has 1 fully saturated rings. The highest BCUT2D eigenvalue weighted by atomic mass is 15.3. The van der Waals surface area contributed by atoms with E-state index in [9.17, 15) is 0 Å². The number of hydrogen-bond acceptors (Lipinski definition) is 5. The second-order valence-corrected chi connectivity index (χ2v) is 6.98. The van der Waals surface area contributed by atoms with Crippen LogP contribution in [-0.2, 0) is 19.5 Å². The summed E-state index contributed by atoms with van der Waals surface area (Å²) in [7, 11) is 0. The van der Waals surface area contributed by atoms with Crippen LogP contribution in [0.3, 0.4) is 0 Å². The maximum absolute atomic E-state index is 4.74. The van der Waals surface area contributed by atoms with Gasteiger partial charge in [0.25, 0.3) is 0 Å². The monoisotopic (exact) mass is 334 g/mol. The summed E-state index contributed by atoms with van der Waals surface area (Å²) in [5.74, 6) is 0. The van der Waals surface area contributed by atoms with Gasteiger partial charge in [0.05, 0.1) is 11.2 Å². The van der Waals surface area contributed by atoms with Crippen LogP contribution in [0, 0.1) is 0 Å². The molecule has 0 amide bonds. The molecule has 0 spiro atoms. The second-order valence-electron chi connectivity index (χ2n) is 6.98. The average Bonchev–Trinajstić information content (AvgIpc) is 3.23. The van der Waals surface area contributed by atoms with Crippen molar-refractivity contribution in [2.45, 2.75) is 25.9 Å². The molecule has 0 bridgehead atoms. The van der Waals surface area contributed by atoms with Crippen LogP contribution in [0.4, 0.5) is 5.69 Å². The first-order valence-electron chi connectivity index (χ1n) is 9.08. The number of piperazine rings is 1. The van der Waals surface area contributed by atoms with Gasteiger partial charge in [0, 0.05) is 62.2 Å². The predicted molar refractivity (Wildman–Crippen MR) is 97.6 cm³/mol. The smallest absolute Gasteiger partial charge is 0.116 e. The third-order valence-corrected chi connectivity index (χ3v) is 5.33. The normalized spacial score (nSPS) is 18.0. The van der Waals surface area contributed by atoms with Gasteiger partial charge in [0.15, 0.2) is 0 Å². The lowest BCUT2D eigenvalue weighted by Gasteiger charge is -2.35. The lowest BCUT2D eigenvalue weighted by atomic mass is 10.2. The van der Waals surface area contributed by atoms with Gasteiger partial charge >= 0.3 is 0 Å². The van der Waals surface area contributed by atoms with E-state index in [2.05, 4.69) is 48.7 Å². The van der Waals surface area contributed by atoms with Crippen LogP contribution in [0.1, 0.15) is 17.8 Å². The summed E-state index contributed by atoms with van der Waals surface area (Å²) < 4.78 is 2.18. The lowest BCUT2D eigenvalue weighted by Crippen LogP contribution is -2.46. The van der Waals surface area contributed by atoms with E-state index in [0.717, 1.165) is 50.2 Å². The molecule has 0 atom stereocenters. The van der Waals surface area contributed by atoms with E-state index in [-0.39, 0.29) is 0 Å². The van der Waals surface area contributed by atoms with Gasteiger partial charge in [-0.3, -0.25) is 9.58 Å². The van der Waals surface area contributed by atoms with E-state index < -0.39 is 0 Å². The van der Waals surface area contributed by atoms with Gasteiger partial charge in [-0.05, 0) is 37.1 Å². The molecule has 0 N–H and O–H groups in total. The van der Waals surface area contributed by atoms with Gasteiger partial charge in [-0.2, -0.15) is 5.10 Å². The predicted octanol–water partition coefficient (Wildman–Crippen LogP) is 2.09. The molecule has 2 aliphatic rings. The molecule has 128 valence electrons. The van der Waals surface area contributed by atoms with E-state index in [1.54, 1.807) is 6.33 Å². The number of fused-ring (bicyclic) bond motifs is 2. The Morgan fingerprint density at radius 1 is 1.00 bits per heavy atom. The first kappa shape index (κ1) is 14.8. The summed E-state index contributed by atoms with van der Waals surface area (Å²) in [4.78, 5) is 13.4. The first-order valence-corrected chi connectivity index (χ1v) is 9.08. The Bertz CT molecular complexity index is 872. The van der Waals surface area contributed by atoms with E-state index in [0.29, 0.717) is 0 Å². The molecule has 6 nitrogen and oxygen atoms in total. The molecule has 2 aromatic heterocycles. The molecular formula is C19H22N6. The van der Waals surface area contributed by atoms with Crippen molar-refractivity contribution in [2.24, 2.45) is 0 Å². The van der Waals surface area contributed by atoms with Crippen molar-refractivity contribution in [3.05, 3.63) is 48.2 Å². The Morgan fingerprint density at radius 3 is 2.80 bits per heavy atom. The van der Waals surface area contributed by atoms with Crippen molar-refractivity contribution in [1.82, 2.24) is 24.6 Å². The largest absolute Gasteiger partial charge is 0.369 e. The minimum absolute atomic E-state index is 0.972. The molecule has 3 aromatic rings. The van der Waals surface area contributed by atoms with Crippen molar-refractivity contribution in [1.29, 1.82) is 0 Å². The summed E-state index contributed by atoms with van der Waals surface area (Å²) >= 11 is 0. The SMILES string of the molecule is c1ncc2cc(N3CCN(Cc4cc5n(n4)CCC5)CC3)ccc2n1. The summed E-state index contributed by atoms with van der Waals surface area (Å²) in [6.07, 6.45) is 5.93. The fraction of sp³-hybridized carbons (Fsp3) is 0.421. The van der Waals surface area contributed by atoms with Crippen LogP contribution in [0.25, 0.3) is 10.9 Å². The maximum atomic E-state index is 4.74. The molecule has 1 saturated heterocycles. The first-order chi connectivity index (χ1) is 12.3. The van der Waals surface area contributed by atoms with E-state index in [1.807, 2.05) is 6.20 Å². The topological polar surface area (TPSA) is 50.1 Å². The van der Waals surface area contributed by atoms with E-state index in [1.165, 1.54) is 29.9 Å². The maximum Gasteiger partial charge on any atom is 0.116 e. The molecule has 0 saturated carbocycles. The van der Waals surface area contributed by atoms with Crippen molar-refractivity contribution in [3.8, 4) is 0 Å². The number of rotatable bonds is 3. The minimum Gasteiger partial charge on any atom is -0.369 e. The third kappa shape index (κ3) is 2.87. The highest BCUT2D eigenvalue weighted by molar-refractivity contribution is 5.81. The number of nitrogens with zero attached hydrogens (tertiary/aromatic N) is 6. The van der Waals surface area contributed by atoms with Gasteiger partial charge in [-0.1, -0.05) is 0 Å². The van der Waals surface area contributed by atoms with Gasteiger partial charge in [0.1, 0.15) is 6.33 Å². The Hall–Kier alpha value is -2.47. The Kier molecular flexibility index (Phi) is 3.63. The molecule has 25 heavy (non-hydrogen) atoms. The number of aryl methyl sites for hydroxylation is 2. The van der Waals surface area contributed by atoms with Gasteiger partial charge in [0.2, 0.25) is 0 Å². The van der Waals surface area contributed by atoms with Crippen molar-refractivity contribution < 1.29 is 0 Å². The van der Waals surface area contributed by atoms with Crippen molar-refractivity contribution in [2.75, 3.05) is 31.1 Å². The van der Waals surface area contributed by atoms with Gasteiger partial charge in [-0.15, -0.1) is 0 Å². The molecule has 5 rings (SSSR count). The van der Waals surface area contributed by atoms with Crippen LogP contribution < -0.4 is 4.90 Å². The summed E-state index contributed by atoms with van der Waals surface area (Å²) in [6, 6.07) is 8.75. The van der Waals surface area contributed by atoms with Crippen molar-refractivity contribution >= 4 is 16.6 Å². The lowest BCUT2D eigenvalue weighted by molar-refractivity contribution is 0.246. The Labute approximate surface area is 147 Å². The molecule has 0 aliphatic carbocycles. The fourth-order valence-electron chi connectivity index (χ4n) is 3.96. The van der Waals surface area contributed by atoms with Gasteiger partial charge < -0.3 is 4.90 Å². The number of hydrogen-bond donors (Lipinski definition) is 0. The molecule has 4 heterocycles. The zero-order valence-electron chi connectivity index (χ0n) is 14.3. The van der Waals surface area contributed by atoms with Crippen LogP contribution in [0.5, 0.6) is 0 Å². The van der Waals surface area contributed by atoms with Crippen LogP contribution in [0.15, 0.2) is 36.8 Å². The number of benzene rings is 1. The average molecular weight is 334 g/mol. The highest BCUT2D eigenvalue weighted by Crippen LogP contribution is 2.22. The zero-order chi connectivity index (χ0) is 16.6. The third-order valence-electron chi connectivity index (χ3n) is 5.33. The molecular weight excluding hydrogens is 312 g/mol. The Morgan fingerprint density at radius 2 is 1.92 bits per heavy atom. The highest BCUT2D eigenvalue weighted by Gasteiger charge is 2.20. The van der Waals surface area contributed by atoms with E-state index >= 15 is 0 Å². The van der Waals surface area contributed by atoms with E-state index in [4.69, 9.17) is 5.10 Å². The van der Waals surface area contributed by atoms with Gasteiger partial charge in [-0.25, -0.2) is 9.97 Å². The number of aromatic nitrogens is 4. The summed E-state index contributed by atoms with van der Waals surface area (Å²) in [5.41, 5.74) is 4.91. The molecule has 0 unspecified atom stereocenters. The quantitative estimate of drug-likeness (QED) is 0.734. The van der Waals surface area contributed by atoms with Crippen LogP contribution in [0.2, 0.25) is 0 Å². The standard InChI is InChI=1S/C19H22N6/c1-2-18-11-16(22-25(18)5-1)13-23-6-8-24(9-7-23)17-3-4-19-15(10-17)12-20-14-21-19/h3-4,10-12,14H,1-2,5-9,13H2. The molecule has 0 radical (unpaired) electrons. The van der Waals surface area contributed by atoms with Crippen LogP contribution >= 0.6 is 0 Å². The molecule has 6 heteroatoms. The molecule has 2 aliphatic heterocycles. The molecule has 1 aromatic carbocycles. The second kappa shape index (κ2) is 6.11. The number of anilines is 1. The fourth-order valence-corrected chi connectivity index (χ4v) is 3.96. The summed E-state index contributed by atoms with van der Waals surface area (Å²) in [6.45, 7) is 6.31. The van der Waals surface area contributed by atoms with Crippen molar-refractivity contribution in [3.63, 3.8) is 0 Å². The summed E-state index contributed by atoms with van der Waals surface area (Å²) in [5, 5.41) is 5.85. The zero-order valence-corrected chi connectivity index (χ0v) is 14.3. The van der Waals surface area contributed by atoms with Crippen LogP contribution in [-0.4, -0.2) is 50.8 Å². The Balaban J connectivity index is 1.24.